The molecule has 0 aliphatic rings. The Kier molecular flexibility index (Phi) is 6.93. The van der Waals surface area contributed by atoms with E-state index in [0.29, 0.717) is 6.54 Å². The first-order valence-corrected chi connectivity index (χ1v) is 9.13. The largest absolute Gasteiger partial charge is 0.392 e. The van der Waals surface area contributed by atoms with Crippen LogP contribution in [0.25, 0.3) is 0 Å². The van der Waals surface area contributed by atoms with Gasteiger partial charge in [-0.2, -0.15) is 11.8 Å². The molecule has 1 aromatic carbocycles. The average molecular weight is 344 g/mol. The summed E-state index contributed by atoms with van der Waals surface area (Å²) in [5.74, 6) is 0.874. The lowest BCUT2D eigenvalue weighted by Crippen LogP contribution is -2.25. The fourth-order valence-electron chi connectivity index (χ4n) is 1.43. The first-order chi connectivity index (χ1) is 8.94. The van der Waals surface area contributed by atoms with Crippen molar-refractivity contribution in [3.8, 4) is 0 Å². The van der Waals surface area contributed by atoms with Gasteiger partial charge < -0.3 is 5.11 Å². The predicted molar refractivity (Wildman–Crippen MR) is 80.6 cm³/mol. The Bertz CT molecular complexity index is 535. The van der Waals surface area contributed by atoms with Crippen molar-refractivity contribution in [2.75, 3.05) is 18.6 Å². The number of benzene rings is 1. The molecule has 0 aromatic heterocycles. The maximum Gasteiger partial charge on any atom is 0.242 e. The molecule has 1 aromatic rings. The lowest BCUT2D eigenvalue weighted by Gasteiger charge is -2.11. The van der Waals surface area contributed by atoms with Gasteiger partial charge in [0.05, 0.1) is 11.6 Å². The molecule has 0 saturated heterocycles. The average Bonchev–Trinajstić information content (AvgIpc) is 2.35. The van der Waals surface area contributed by atoms with Gasteiger partial charge in [-0.05, 0) is 30.6 Å². The Morgan fingerprint density at radius 1 is 1.37 bits per heavy atom. The van der Waals surface area contributed by atoms with Crippen molar-refractivity contribution in [1.82, 2.24) is 4.72 Å². The molecule has 0 radical (unpaired) electrons. The zero-order chi connectivity index (χ0) is 14.5. The van der Waals surface area contributed by atoms with Gasteiger partial charge in [0.25, 0.3) is 0 Å². The van der Waals surface area contributed by atoms with Gasteiger partial charge in [-0.15, -0.1) is 0 Å². The number of thioether (sulfide) groups is 1. The number of nitrogens with one attached hydrogen (secondary N) is 1. The molecule has 0 unspecified atom stereocenters. The fourth-order valence-corrected chi connectivity index (χ4v) is 3.83. The van der Waals surface area contributed by atoms with Gasteiger partial charge >= 0.3 is 0 Å². The third-order valence-corrected chi connectivity index (χ3v) is 5.51. The fraction of sp³-hybridized carbons (Fsp3) is 0.455. The van der Waals surface area contributed by atoms with Gasteiger partial charge in [-0.25, -0.2) is 13.1 Å². The van der Waals surface area contributed by atoms with Crippen LogP contribution in [0.5, 0.6) is 0 Å². The van der Waals surface area contributed by atoms with Crippen LogP contribution in [0.2, 0.25) is 10.0 Å². The molecule has 0 aliphatic heterocycles. The summed E-state index contributed by atoms with van der Waals surface area (Å²) in [5, 5.41) is 9.36. The van der Waals surface area contributed by atoms with Crippen LogP contribution in [0.15, 0.2) is 17.0 Å². The van der Waals surface area contributed by atoms with Crippen LogP contribution in [-0.4, -0.2) is 32.1 Å². The maximum atomic E-state index is 12.1. The van der Waals surface area contributed by atoms with Crippen molar-refractivity contribution in [3.63, 3.8) is 0 Å². The zero-order valence-corrected chi connectivity index (χ0v) is 13.5. The van der Waals surface area contributed by atoms with E-state index in [1.165, 1.54) is 12.1 Å². The number of sulfonamides is 1. The molecule has 0 bridgehead atoms. The van der Waals surface area contributed by atoms with Crippen molar-refractivity contribution in [3.05, 3.63) is 27.7 Å². The number of rotatable bonds is 7. The Labute approximate surface area is 127 Å². The summed E-state index contributed by atoms with van der Waals surface area (Å²) in [7, 11) is -3.68. The normalized spacial score (nSPS) is 11.8. The third-order valence-electron chi connectivity index (χ3n) is 2.42. The molecule has 8 heteroatoms. The van der Waals surface area contributed by atoms with E-state index in [-0.39, 0.29) is 20.5 Å². The second-order valence-corrected chi connectivity index (χ2v) is 7.25. The number of hydrogen-bond acceptors (Lipinski definition) is 4. The molecule has 108 valence electrons. The Balaban J connectivity index is 2.96. The van der Waals surface area contributed by atoms with Gasteiger partial charge in [0.2, 0.25) is 10.0 Å². The second-order valence-electron chi connectivity index (χ2n) is 3.74. The minimum absolute atomic E-state index is 0.0348. The maximum absolute atomic E-state index is 12.1. The van der Waals surface area contributed by atoms with Crippen LogP contribution in [0, 0.1) is 0 Å². The van der Waals surface area contributed by atoms with E-state index in [0.717, 1.165) is 12.2 Å². The highest BCUT2D eigenvalue weighted by molar-refractivity contribution is 7.98. The number of aliphatic hydroxyl groups is 1. The van der Waals surface area contributed by atoms with E-state index in [2.05, 4.69) is 4.72 Å². The van der Waals surface area contributed by atoms with E-state index in [1.807, 2.05) is 6.26 Å². The van der Waals surface area contributed by atoms with E-state index >= 15 is 0 Å². The SMILES string of the molecule is CSCCCNS(=O)(=O)c1ccc(Cl)c(CO)c1Cl. The van der Waals surface area contributed by atoms with Crippen molar-refractivity contribution in [2.24, 2.45) is 0 Å². The van der Waals surface area contributed by atoms with Gasteiger partial charge in [0.15, 0.2) is 0 Å². The summed E-state index contributed by atoms with van der Waals surface area (Å²) in [5.41, 5.74) is 0.218. The monoisotopic (exact) mass is 343 g/mol. The van der Waals surface area contributed by atoms with Crippen molar-refractivity contribution in [1.29, 1.82) is 0 Å². The highest BCUT2D eigenvalue weighted by atomic mass is 35.5. The van der Waals surface area contributed by atoms with Gasteiger partial charge in [0, 0.05) is 17.1 Å². The standard InChI is InChI=1S/C11H15Cl2NO3S2/c1-18-6-2-5-14-19(16,17)10-4-3-9(12)8(7-15)11(10)13/h3-4,14-15H,2,5-7H2,1H3. The smallest absolute Gasteiger partial charge is 0.242 e. The van der Waals surface area contributed by atoms with Crippen LogP contribution in [0.4, 0.5) is 0 Å². The van der Waals surface area contributed by atoms with Gasteiger partial charge in [-0.3, -0.25) is 0 Å². The molecule has 0 aliphatic carbocycles. The van der Waals surface area contributed by atoms with Crippen molar-refractivity contribution >= 4 is 45.0 Å². The minimum Gasteiger partial charge on any atom is -0.392 e. The summed E-state index contributed by atoms with van der Waals surface area (Å²) in [6, 6.07) is 2.75. The molecular weight excluding hydrogens is 329 g/mol. The highest BCUT2D eigenvalue weighted by Gasteiger charge is 2.20. The summed E-state index contributed by atoms with van der Waals surface area (Å²) < 4.78 is 26.6. The molecule has 0 saturated carbocycles. The second kappa shape index (κ2) is 7.71. The topological polar surface area (TPSA) is 66.4 Å². The molecule has 0 spiro atoms. The summed E-state index contributed by atoms with van der Waals surface area (Å²) in [4.78, 5) is -0.0632. The van der Waals surface area contributed by atoms with Crippen LogP contribution >= 0.6 is 35.0 Å². The van der Waals surface area contributed by atoms with Crippen LogP contribution < -0.4 is 4.72 Å². The molecule has 4 nitrogen and oxygen atoms in total. The minimum atomic E-state index is -3.68. The summed E-state index contributed by atoms with van der Waals surface area (Å²) in [6.45, 7) is -0.0654. The summed E-state index contributed by atoms with van der Waals surface area (Å²) >= 11 is 13.5. The lowest BCUT2D eigenvalue weighted by molar-refractivity contribution is 0.281. The van der Waals surface area contributed by atoms with Crippen LogP contribution in [0.3, 0.4) is 0 Å². The van der Waals surface area contributed by atoms with E-state index < -0.39 is 16.6 Å². The molecular formula is C11H15Cl2NO3S2. The third kappa shape index (κ3) is 4.51. The van der Waals surface area contributed by atoms with Crippen molar-refractivity contribution < 1.29 is 13.5 Å². The van der Waals surface area contributed by atoms with Gasteiger partial charge in [-0.1, -0.05) is 23.2 Å². The Morgan fingerprint density at radius 3 is 2.63 bits per heavy atom. The number of aliphatic hydroxyl groups excluding tert-OH is 1. The Hall–Kier alpha value is 0.0200. The predicted octanol–water partition coefficient (Wildman–Crippen LogP) is 2.52. The summed E-state index contributed by atoms with van der Waals surface area (Å²) in [6.07, 6.45) is 2.69. The molecule has 19 heavy (non-hydrogen) atoms. The lowest BCUT2D eigenvalue weighted by atomic mass is 10.2. The highest BCUT2D eigenvalue weighted by Crippen LogP contribution is 2.30. The first kappa shape index (κ1) is 17.1. The van der Waals surface area contributed by atoms with Gasteiger partial charge in [0.1, 0.15) is 4.90 Å². The molecule has 0 heterocycles. The first-order valence-electron chi connectivity index (χ1n) is 5.50. The molecule has 0 fully saturated rings. The van der Waals surface area contributed by atoms with E-state index in [9.17, 15) is 8.42 Å². The number of halogens is 2. The zero-order valence-electron chi connectivity index (χ0n) is 10.3. The molecule has 1 rings (SSSR count). The molecule has 0 atom stereocenters. The van der Waals surface area contributed by atoms with Crippen molar-refractivity contribution in [2.45, 2.75) is 17.9 Å². The van der Waals surface area contributed by atoms with E-state index in [1.54, 1.807) is 11.8 Å². The molecule has 2 N–H and O–H groups in total. The number of hydrogen-bond donors (Lipinski definition) is 2. The van der Waals surface area contributed by atoms with Crippen LogP contribution in [0.1, 0.15) is 12.0 Å². The quantitative estimate of drug-likeness (QED) is 0.746. The molecule has 0 amide bonds. The Morgan fingerprint density at radius 2 is 2.05 bits per heavy atom. The van der Waals surface area contributed by atoms with Crippen LogP contribution in [-0.2, 0) is 16.6 Å². The van der Waals surface area contributed by atoms with E-state index in [4.69, 9.17) is 28.3 Å².